The van der Waals surface area contributed by atoms with Gasteiger partial charge in [0.05, 0.1) is 0 Å². The zero-order chi connectivity index (χ0) is 10.4. The Morgan fingerprint density at radius 1 is 1.43 bits per heavy atom. The summed E-state index contributed by atoms with van der Waals surface area (Å²) in [6.07, 6.45) is 3.77. The molecule has 72 valence electrons. The molecule has 1 aromatic rings. The number of nitrogens with one attached hydrogen (secondary N) is 2. The quantitative estimate of drug-likeness (QED) is 0.348. The number of nitriles is 1. The molecule has 0 aromatic heterocycles. The summed E-state index contributed by atoms with van der Waals surface area (Å²) in [5.74, 6) is 0. The van der Waals surface area contributed by atoms with E-state index in [9.17, 15) is 0 Å². The second kappa shape index (κ2) is 5.47. The van der Waals surface area contributed by atoms with Gasteiger partial charge in [0.2, 0.25) is 0 Å². The van der Waals surface area contributed by atoms with Crippen LogP contribution in [-0.4, -0.2) is 11.4 Å². The molecule has 0 fully saturated rings. The monoisotopic (exact) mass is 223 g/mol. The number of thiocarbonyl (C=S) groups is 1. The Balaban J connectivity index is 2.60. The number of nitrogens with zero attached hydrogens (tertiary/aromatic N) is 1. The lowest BCUT2D eigenvalue weighted by molar-refractivity contribution is 1.28. The number of hydrogen-bond donors (Lipinski definition) is 2. The van der Waals surface area contributed by atoms with Gasteiger partial charge in [-0.2, -0.15) is 5.26 Å². The zero-order valence-electron chi connectivity index (χ0n) is 7.57. The van der Waals surface area contributed by atoms with E-state index < -0.39 is 0 Å². The Morgan fingerprint density at radius 2 is 2.07 bits per heavy atom. The first-order chi connectivity index (χ1) is 6.76. The number of thioether (sulfide) groups is 1. The molecule has 0 aliphatic rings. The first-order valence-corrected chi connectivity index (χ1v) is 5.49. The molecule has 0 bridgehead atoms. The van der Waals surface area contributed by atoms with Crippen LogP contribution < -0.4 is 10.6 Å². The van der Waals surface area contributed by atoms with Crippen molar-refractivity contribution in [2.24, 2.45) is 0 Å². The summed E-state index contributed by atoms with van der Waals surface area (Å²) in [7, 11) is 0. The van der Waals surface area contributed by atoms with E-state index in [-0.39, 0.29) is 0 Å². The predicted molar refractivity (Wildman–Crippen MR) is 63.2 cm³/mol. The van der Waals surface area contributed by atoms with Crippen molar-refractivity contribution in [3.63, 3.8) is 0 Å². The van der Waals surface area contributed by atoms with E-state index in [1.165, 1.54) is 4.90 Å². The third kappa shape index (κ3) is 3.24. The summed E-state index contributed by atoms with van der Waals surface area (Å²) in [4.78, 5) is 1.19. The fourth-order valence-corrected chi connectivity index (χ4v) is 1.46. The van der Waals surface area contributed by atoms with E-state index in [1.807, 2.05) is 30.5 Å². The summed E-state index contributed by atoms with van der Waals surface area (Å²) in [5, 5.41) is 13.8. The molecule has 0 saturated heterocycles. The Hall–Kier alpha value is -1.25. The molecule has 1 rings (SSSR count). The van der Waals surface area contributed by atoms with Crippen LogP contribution in [0.3, 0.4) is 0 Å². The highest BCUT2D eigenvalue weighted by molar-refractivity contribution is 7.98. The Labute approximate surface area is 92.5 Å². The van der Waals surface area contributed by atoms with E-state index in [1.54, 1.807) is 18.0 Å². The number of rotatable bonds is 2. The Morgan fingerprint density at radius 3 is 2.57 bits per heavy atom. The van der Waals surface area contributed by atoms with Crippen molar-refractivity contribution in [3.05, 3.63) is 24.3 Å². The second-order valence-corrected chi connectivity index (χ2v) is 3.71. The third-order valence-electron chi connectivity index (χ3n) is 1.52. The van der Waals surface area contributed by atoms with Gasteiger partial charge in [0.1, 0.15) is 0 Å². The van der Waals surface area contributed by atoms with Crippen LogP contribution in [0, 0.1) is 11.5 Å². The zero-order valence-corrected chi connectivity index (χ0v) is 9.21. The molecule has 0 atom stereocenters. The number of benzene rings is 1. The average Bonchev–Trinajstić information content (AvgIpc) is 2.19. The molecule has 3 nitrogen and oxygen atoms in total. The van der Waals surface area contributed by atoms with Crippen molar-refractivity contribution in [3.8, 4) is 6.19 Å². The SMILES string of the molecule is CSc1ccc(NC(=S)NC#N)cc1. The fraction of sp³-hybridized carbons (Fsp3) is 0.111. The molecule has 0 spiro atoms. The highest BCUT2D eigenvalue weighted by Gasteiger charge is 1.95. The van der Waals surface area contributed by atoms with Crippen LogP contribution in [0.1, 0.15) is 0 Å². The summed E-state index contributed by atoms with van der Waals surface area (Å²) in [5.41, 5.74) is 0.871. The molecule has 0 heterocycles. The summed E-state index contributed by atoms with van der Waals surface area (Å²) in [6, 6.07) is 7.80. The molecule has 0 aliphatic heterocycles. The van der Waals surface area contributed by atoms with Gasteiger partial charge in [-0.1, -0.05) is 0 Å². The Kier molecular flexibility index (Phi) is 4.23. The van der Waals surface area contributed by atoms with Crippen LogP contribution in [0.5, 0.6) is 0 Å². The van der Waals surface area contributed by atoms with E-state index in [4.69, 9.17) is 17.5 Å². The largest absolute Gasteiger partial charge is 0.332 e. The highest BCUT2D eigenvalue weighted by Crippen LogP contribution is 2.17. The molecule has 0 amide bonds. The lowest BCUT2D eigenvalue weighted by Gasteiger charge is -2.05. The van der Waals surface area contributed by atoms with Gasteiger partial charge in [-0.05, 0) is 42.7 Å². The lowest BCUT2D eigenvalue weighted by atomic mass is 10.3. The average molecular weight is 223 g/mol. The lowest BCUT2D eigenvalue weighted by Crippen LogP contribution is -2.23. The fourth-order valence-electron chi connectivity index (χ4n) is 0.887. The maximum atomic E-state index is 8.30. The minimum atomic E-state index is 0.310. The van der Waals surface area contributed by atoms with Crippen LogP contribution in [0.15, 0.2) is 29.2 Å². The molecule has 0 aliphatic carbocycles. The molecular formula is C9H9N3S2. The topological polar surface area (TPSA) is 47.8 Å². The molecule has 2 N–H and O–H groups in total. The van der Waals surface area contributed by atoms with Crippen LogP contribution in [0.25, 0.3) is 0 Å². The minimum absolute atomic E-state index is 0.310. The van der Waals surface area contributed by atoms with Crippen LogP contribution >= 0.6 is 24.0 Å². The van der Waals surface area contributed by atoms with Crippen molar-refractivity contribution >= 4 is 34.8 Å². The summed E-state index contributed by atoms with van der Waals surface area (Å²) < 4.78 is 0. The van der Waals surface area contributed by atoms with Crippen LogP contribution in [-0.2, 0) is 0 Å². The van der Waals surface area contributed by atoms with Crippen molar-refractivity contribution < 1.29 is 0 Å². The van der Waals surface area contributed by atoms with Gasteiger partial charge in [0.25, 0.3) is 0 Å². The van der Waals surface area contributed by atoms with E-state index in [2.05, 4.69) is 10.6 Å². The van der Waals surface area contributed by atoms with Gasteiger partial charge >= 0.3 is 0 Å². The van der Waals surface area contributed by atoms with Crippen LogP contribution in [0.4, 0.5) is 5.69 Å². The summed E-state index contributed by atoms with van der Waals surface area (Å²) in [6.45, 7) is 0. The molecular weight excluding hydrogens is 214 g/mol. The first-order valence-electron chi connectivity index (χ1n) is 3.86. The number of hydrogen-bond acceptors (Lipinski definition) is 3. The molecule has 0 unspecified atom stereocenters. The maximum absolute atomic E-state index is 8.30. The summed E-state index contributed by atoms with van der Waals surface area (Å²) >= 11 is 6.52. The minimum Gasteiger partial charge on any atom is -0.332 e. The van der Waals surface area contributed by atoms with Crippen molar-refractivity contribution in [1.29, 1.82) is 5.26 Å². The van der Waals surface area contributed by atoms with Gasteiger partial charge in [0, 0.05) is 10.6 Å². The van der Waals surface area contributed by atoms with Gasteiger partial charge < -0.3 is 5.32 Å². The molecule has 0 saturated carbocycles. The smallest absolute Gasteiger partial charge is 0.184 e. The van der Waals surface area contributed by atoms with E-state index in [0.717, 1.165) is 5.69 Å². The molecule has 5 heteroatoms. The van der Waals surface area contributed by atoms with Gasteiger partial charge in [-0.3, -0.25) is 5.32 Å². The predicted octanol–water partition coefficient (Wildman–Crippen LogP) is 2.18. The first kappa shape index (κ1) is 10.8. The normalized spacial score (nSPS) is 8.86. The molecule has 1 aromatic carbocycles. The van der Waals surface area contributed by atoms with Gasteiger partial charge in [-0.15, -0.1) is 11.8 Å². The van der Waals surface area contributed by atoms with Gasteiger partial charge in [-0.25, -0.2) is 0 Å². The van der Waals surface area contributed by atoms with E-state index >= 15 is 0 Å². The van der Waals surface area contributed by atoms with Crippen molar-refractivity contribution in [1.82, 2.24) is 5.32 Å². The van der Waals surface area contributed by atoms with Gasteiger partial charge in [0.15, 0.2) is 11.3 Å². The molecule has 14 heavy (non-hydrogen) atoms. The third-order valence-corrected chi connectivity index (χ3v) is 2.47. The van der Waals surface area contributed by atoms with Crippen molar-refractivity contribution in [2.75, 3.05) is 11.6 Å². The Bertz CT molecular complexity index is 353. The second-order valence-electron chi connectivity index (χ2n) is 2.42. The van der Waals surface area contributed by atoms with E-state index in [0.29, 0.717) is 5.11 Å². The standard InChI is InChI=1S/C9H9N3S2/c1-14-8-4-2-7(3-5-8)12-9(13)11-6-10/h2-5H,1H3,(H2,11,12,13). The highest BCUT2D eigenvalue weighted by atomic mass is 32.2. The number of anilines is 1. The molecule has 0 radical (unpaired) electrons. The maximum Gasteiger partial charge on any atom is 0.184 e. The van der Waals surface area contributed by atoms with Crippen LogP contribution in [0.2, 0.25) is 0 Å². The van der Waals surface area contributed by atoms with Crippen molar-refractivity contribution in [2.45, 2.75) is 4.90 Å².